The van der Waals surface area contributed by atoms with Crippen molar-refractivity contribution in [3.05, 3.63) is 0 Å². The van der Waals surface area contributed by atoms with Gasteiger partial charge in [-0.2, -0.15) is 0 Å². The Hall–Kier alpha value is -1.71. The summed E-state index contributed by atoms with van der Waals surface area (Å²) in [6, 6.07) is 0. The molecule has 0 aromatic rings. The molecule has 0 saturated carbocycles. The van der Waals surface area contributed by atoms with Gasteiger partial charge in [-0.25, -0.2) is 0 Å². The number of rotatable bonds is 42. The molecule has 0 aliphatic carbocycles. The zero-order valence-electron chi connectivity index (χ0n) is 48.4. The number of amides is 3. The lowest BCUT2D eigenvalue weighted by molar-refractivity contribution is -0.135. The molecule has 0 N–H and O–H groups in total. The van der Waals surface area contributed by atoms with E-state index in [1.807, 2.05) is 0 Å². The molecule has 408 valence electrons. The summed E-state index contributed by atoms with van der Waals surface area (Å²) in [5.41, 5.74) is 0. The van der Waals surface area contributed by atoms with Crippen molar-refractivity contribution in [2.45, 2.75) is 237 Å². The van der Waals surface area contributed by atoms with Crippen molar-refractivity contribution in [1.82, 2.24) is 29.4 Å². The molecule has 0 radical (unpaired) electrons. The van der Waals surface area contributed by atoms with Crippen LogP contribution in [-0.2, 0) is 14.4 Å². The SMILES string of the molecule is CCCCC(CC)CN(CC(CC)CCCC)C(=O)CN1CCN(CC(=O)N(CC(CC)CCCC)CC(CC)CCCC)CCN(CC(=O)N(CC(CC)CCCC)CC(CC)CCCC)CC1. The molecule has 3 amide bonds. The highest BCUT2D eigenvalue weighted by Gasteiger charge is 2.29. The molecule has 1 heterocycles. The van der Waals surface area contributed by atoms with E-state index in [-0.39, 0.29) is 17.7 Å². The number of hydrogen-bond acceptors (Lipinski definition) is 6. The smallest absolute Gasteiger partial charge is 0.236 e. The van der Waals surface area contributed by atoms with Gasteiger partial charge >= 0.3 is 0 Å². The van der Waals surface area contributed by atoms with E-state index < -0.39 is 0 Å². The number of hydrogen-bond donors (Lipinski definition) is 0. The lowest BCUT2D eigenvalue weighted by Crippen LogP contribution is -2.48. The Morgan fingerprint density at radius 3 is 0.594 bits per heavy atom. The van der Waals surface area contributed by atoms with Crippen molar-refractivity contribution in [3.63, 3.8) is 0 Å². The summed E-state index contributed by atoms with van der Waals surface area (Å²) < 4.78 is 0. The van der Waals surface area contributed by atoms with E-state index in [1.165, 1.54) is 116 Å². The summed E-state index contributed by atoms with van der Waals surface area (Å²) in [6.07, 6.45) is 28.1. The maximum absolute atomic E-state index is 14.8. The van der Waals surface area contributed by atoms with E-state index in [0.717, 1.165) is 117 Å². The van der Waals surface area contributed by atoms with Crippen molar-refractivity contribution in [2.75, 3.05) is 98.2 Å². The third-order valence-corrected chi connectivity index (χ3v) is 16.5. The molecule has 6 atom stereocenters. The predicted molar refractivity (Wildman–Crippen MR) is 299 cm³/mol. The van der Waals surface area contributed by atoms with Crippen molar-refractivity contribution >= 4 is 17.7 Å². The lowest BCUT2D eigenvalue weighted by Gasteiger charge is -2.34. The van der Waals surface area contributed by atoms with Crippen LogP contribution >= 0.6 is 0 Å². The monoisotopic (exact) mass is 973 g/mol. The van der Waals surface area contributed by atoms with Gasteiger partial charge in [-0.3, -0.25) is 29.1 Å². The molecule has 1 saturated heterocycles. The summed E-state index contributed by atoms with van der Waals surface area (Å²) in [4.78, 5) is 58.3. The van der Waals surface area contributed by atoms with Gasteiger partial charge in [0.25, 0.3) is 0 Å². The fourth-order valence-corrected chi connectivity index (χ4v) is 10.7. The molecule has 0 bridgehead atoms. The summed E-state index contributed by atoms with van der Waals surface area (Å²) in [5, 5.41) is 0. The van der Waals surface area contributed by atoms with Crippen LogP contribution < -0.4 is 0 Å². The molecule has 1 rings (SSSR count). The minimum atomic E-state index is 0.257. The highest BCUT2D eigenvalue weighted by Crippen LogP contribution is 2.23. The van der Waals surface area contributed by atoms with Crippen LogP contribution in [0.2, 0.25) is 0 Å². The molecule has 6 unspecified atom stereocenters. The zero-order valence-corrected chi connectivity index (χ0v) is 48.4. The molecule has 0 aromatic carbocycles. The minimum Gasteiger partial charge on any atom is -0.341 e. The predicted octanol–water partition coefficient (Wildman–Crippen LogP) is 13.7. The van der Waals surface area contributed by atoms with Crippen LogP contribution in [0.5, 0.6) is 0 Å². The molecule has 69 heavy (non-hydrogen) atoms. The molecule has 9 heteroatoms. The van der Waals surface area contributed by atoms with E-state index in [4.69, 9.17) is 0 Å². The fourth-order valence-electron chi connectivity index (χ4n) is 10.7. The first kappa shape index (κ1) is 65.3. The maximum atomic E-state index is 14.8. The van der Waals surface area contributed by atoms with E-state index in [1.54, 1.807) is 0 Å². The molecule has 0 spiro atoms. The Morgan fingerprint density at radius 1 is 0.304 bits per heavy atom. The highest BCUT2D eigenvalue weighted by atomic mass is 16.2. The quantitative estimate of drug-likeness (QED) is 0.0607. The van der Waals surface area contributed by atoms with Crippen LogP contribution in [0.1, 0.15) is 237 Å². The van der Waals surface area contributed by atoms with Gasteiger partial charge in [0.1, 0.15) is 0 Å². The number of carbonyl (C=O) groups is 3. The van der Waals surface area contributed by atoms with Gasteiger partial charge in [0.15, 0.2) is 0 Å². The summed E-state index contributed by atoms with van der Waals surface area (Å²) in [5.74, 6) is 3.90. The first-order valence-electron chi connectivity index (χ1n) is 30.4. The number of carbonyl (C=O) groups excluding carboxylic acids is 3. The second kappa shape index (κ2) is 41.7. The van der Waals surface area contributed by atoms with Gasteiger partial charge in [0.2, 0.25) is 17.7 Å². The van der Waals surface area contributed by atoms with E-state index in [9.17, 15) is 14.4 Å². The van der Waals surface area contributed by atoms with Crippen LogP contribution in [0.15, 0.2) is 0 Å². The maximum Gasteiger partial charge on any atom is 0.236 e. The standard InChI is InChI=1S/C60H120N6O3/c1-13-25-31-52(19-7)43-64(44-53(20-8)32-26-14-2)58(67)49-61-37-39-62(50-59(68)65(45-54(21-9)33-27-15-3)46-55(22-10)34-28-16-4)41-42-63(40-38-61)51-60(69)66(47-56(23-11)35-29-17-5)48-57(24-12)36-30-18-6/h52-57H,13-51H2,1-12H3. The minimum absolute atomic E-state index is 0.257. The van der Waals surface area contributed by atoms with Gasteiger partial charge in [0, 0.05) is 78.5 Å². The molecule has 1 aliphatic heterocycles. The Kier molecular flexibility index (Phi) is 39.5. The van der Waals surface area contributed by atoms with Crippen molar-refractivity contribution in [3.8, 4) is 0 Å². The van der Waals surface area contributed by atoms with Crippen molar-refractivity contribution < 1.29 is 14.4 Å². The molecule has 1 aliphatic rings. The highest BCUT2D eigenvalue weighted by molar-refractivity contribution is 5.79. The first-order chi connectivity index (χ1) is 33.4. The normalized spacial score (nSPS) is 17.0. The number of nitrogens with zero attached hydrogens (tertiary/aromatic N) is 6. The molecular formula is C60H120N6O3. The average Bonchev–Trinajstić information content (AvgIpc) is 3.45. The van der Waals surface area contributed by atoms with Gasteiger partial charge in [-0.15, -0.1) is 0 Å². The molecular weight excluding hydrogens is 853 g/mol. The van der Waals surface area contributed by atoms with Crippen LogP contribution in [0, 0.1) is 35.5 Å². The van der Waals surface area contributed by atoms with Crippen LogP contribution in [0.25, 0.3) is 0 Å². The third kappa shape index (κ3) is 28.9. The Labute approximate surface area is 430 Å². The van der Waals surface area contributed by atoms with Crippen molar-refractivity contribution in [2.24, 2.45) is 35.5 Å². The van der Waals surface area contributed by atoms with Crippen LogP contribution in [0.3, 0.4) is 0 Å². The second-order valence-electron chi connectivity index (χ2n) is 22.2. The summed E-state index contributed by atoms with van der Waals surface area (Å²) in [7, 11) is 0. The number of unbranched alkanes of at least 4 members (excludes halogenated alkanes) is 6. The van der Waals surface area contributed by atoms with Crippen LogP contribution in [0.4, 0.5) is 0 Å². The Balaban J connectivity index is 3.67. The van der Waals surface area contributed by atoms with Gasteiger partial charge in [0.05, 0.1) is 19.6 Å². The summed E-state index contributed by atoms with van der Waals surface area (Å²) >= 11 is 0. The van der Waals surface area contributed by atoms with Gasteiger partial charge in [-0.05, 0) is 74.0 Å². The van der Waals surface area contributed by atoms with E-state index in [2.05, 4.69) is 112 Å². The zero-order chi connectivity index (χ0) is 51.2. The van der Waals surface area contributed by atoms with Gasteiger partial charge < -0.3 is 14.7 Å². The third-order valence-electron chi connectivity index (χ3n) is 16.5. The summed E-state index contributed by atoms with van der Waals surface area (Å²) in [6.45, 7) is 38.2. The lowest BCUT2D eigenvalue weighted by atomic mass is 9.95. The fraction of sp³-hybridized carbons (Fsp3) is 0.950. The van der Waals surface area contributed by atoms with E-state index >= 15 is 0 Å². The molecule has 1 fully saturated rings. The Morgan fingerprint density at radius 2 is 0.464 bits per heavy atom. The van der Waals surface area contributed by atoms with Gasteiger partial charge in [-0.1, -0.05) is 199 Å². The Bertz CT molecular complexity index is 1040. The average molecular weight is 974 g/mol. The second-order valence-corrected chi connectivity index (χ2v) is 22.2. The topological polar surface area (TPSA) is 70.7 Å². The first-order valence-corrected chi connectivity index (χ1v) is 30.4. The largest absolute Gasteiger partial charge is 0.341 e. The molecule has 0 aromatic heterocycles. The van der Waals surface area contributed by atoms with E-state index in [0.29, 0.717) is 55.1 Å². The molecule has 9 nitrogen and oxygen atoms in total. The van der Waals surface area contributed by atoms with Crippen LogP contribution in [-0.4, -0.2) is 145 Å². The van der Waals surface area contributed by atoms with Crippen molar-refractivity contribution in [1.29, 1.82) is 0 Å².